The quantitative estimate of drug-likeness (QED) is 0.743. The molecule has 0 saturated heterocycles. The maximum absolute atomic E-state index is 12.3. The van der Waals surface area contributed by atoms with Crippen molar-refractivity contribution in [2.45, 2.75) is 59.7 Å². The molecule has 1 rings (SSSR count). The van der Waals surface area contributed by atoms with Gasteiger partial charge in [0.1, 0.15) is 11.2 Å². The van der Waals surface area contributed by atoms with Crippen molar-refractivity contribution >= 4 is 34.9 Å². The van der Waals surface area contributed by atoms with Crippen LogP contribution in [-0.2, 0) is 14.3 Å². The first kappa shape index (κ1) is 19.8. The summed E-state index contributed by atoms with van der Waals surface area (Å²) < 4.78 is 15.9. The van der Waals surface area contributed by atoms with Crippen molar-refractivity contribution in [2.75, 3.05) is 6.61 Å². The number of rotatable bonds is 4. The molecule has 1 aromatic rings. The van der Waals surface area contributed by atoms with Crippen molar-refractivity contribution in [2.24, 2.45) is 0 Å². The molecule has 0 saturated carbocycles. The molecule has 0 amide bonds. The molecule has 0 N–H and O–H groups in total. The van der Waals surface area contributed by atoms with Crippen LogP contribution in [0.25, 0.3) is 0 Å². The molecule has 0 radical (unpaired) electrons. The highest BCUT2D eigenvalue weighted by Crippen LogP contribution is 2.40. The molecule has 0 unspecified atom stereocenters. The Balaban J connectivity index is 2.90. The molecular formula is C16H23ClO5S. The van der Waals surface area contributed by atoms with E-state index in [0.29, 0.717) is 9.90 Å². The summed E-state index contributed by atoms with van der Waals surface area (Å²) in [5.41, 5.74) is -1.24. The lowest BCUT2D eigenvalue weighted by Gasteiger charge is -2.20. The Hall–Kier alpha value is -1.27. The summed E-state index contributed by atoms with van der Waals surface area (Å²) in [6.07, 6.45) is 0. The van der Waals surface area contributed by atoms with E-state index in [4.69, 9.17) is 25.8 Å². The third-order valence-corrected chi connectivity index (χ3v) is 3.94. The van der Waals surface area contributed by atoms with Crippen LogP contribution in [0.4, 0.5) is 0 Å². The van der Waals surface area contributed by atoms with Gasteiger partial charge in [0.05, 0.1) is 5.02 Å². The third-order valence-electron chi connectivity index (χ3n) is 2.31. The van der Waals surface area contributed by atoms with Gasteiger partial charge in [-0.05, 0) is 48.5 Å². The first-order valence-electron chi connectivity index (χ1n) is 7.17. The third kappa shape index (κ3) is 6.39. The smallest absolute Gasteiger partial charge is 0.352 e. The second-order valence-corrected chi connectivity index (χ2v) is 8.61. The van der Waals surface area contributed by atoms with Gasteiger partial charge in [-0.15, -0.1) is 11.3 Å². The van der Waals surface area contributed by atoms with E-state index in [1.807, 2.05) is 0 Å². The van der Waals surface area contributed by atoms with Gasteiger partial charge in [0.2, 0.25) is 0 Å². The topological polar surface area (TPSA) is 61.8 Å². The molecule has 1 heterocycles. The van der Waals surface area contributed by atoms with Crippen LogP contribution < -0.4 is 4.74 Å². The molecule has 0 fully saturated rings. The molecule has 7 heteroatoms. The second-order valence-electron chi connectivity index (χ2n) is 7.01. The van der Waals surface area contributed by atoms with Crippen LogP contribution in [0.1, 0.15) is 56.1 Å². The first-order chi connectivity index (χ1) is 10.3. The predicted molar refractivity (Wildman–Crippen MR) is 90.6 cm³/mol. The number of aryl methyl sites for hydroxylation is 1. The molecule has 0 aromatic carbocycles. The van der Waals surface area contributed by atoms with Crippen molar-refractivity contribution in [3.8, 4) is 5.75 Å². The molecule has 0 aliphatic rings. The van der Waals surface area contributed by atoms with Crippen LogP contribution in [0.2, 0.25) is 5.02 Å². The molecule has 0 bridgehead atoms. The normalized spacial score (nSPS) is 12.0. The van der Waals surface area contributed by atoms with E-state index in [-0.39, 0.29) is 17.2 Å². The van der Waals surface area contributed by atoms with Crippen molar-refractivity contribution in [3.63, 3.8) is 0 Å². The number of carbonyl (C=O) groups is 2. The van der Waals surface area contributed by atoms with Gasteiger partial charge in [0, 0.05) is 4.88 Å². The molecule has 0 aliphatic carbocycles. The van der Waals surface area contributed by atoms with Crippen LogP contribution in [0.3, 0.4) is 0 Å². The van der Waals surface area contributed by atoms with Gasteiger partial charge in [-0.3, -0.25) is 0 Å². The molecule has 5 nitrogen and oxygen atoms in total. The first-order valence-corrected chi connectivity index (χ1v) is 8.36. The average molecular weight is 363 g/mol. The molecule has 0 spiro atoms. The molecule has 23 heavy (non-hydrogen) atoms. The molecular weight excluding hydrogens is 340 g/mol. The number of hydrogen-bond donors (Lipinski definition) is 0. The van der Waals surface area contributed by atoms with E-state index >= 15 is 0 Å². The highest BCUT2D eigenvalue weighted by molar-refractivity contribution is 7.15. The average Bonchev–Trinajstić information content (AvgIpc) is 2.59. The van der Waals surface area contributed by atoms with Gasteiger partial charge in [-0.25, -0.2) is 9.59 Å². The number of hydrogen-bond acceptors (Lipinski definition) is 6. The van der Waals surface area contributed by atoms with Crippen LogP contribution >= 0.6 is 22.9 Å². The predicted octanol–water partition coefficient (Wildman–Crippen LogP) is 4.39. The second kappa shape index (κ2) is 7.09. The van der Waals surface area contributed by atoms with Crippen LogP contribution in [-0.4, -0.2) is 29.7 Å². The van der Waals surface area contributed by atoms with E-state index in [9.17, 15) is 9.59 Å². The Bertz CT molecular complexity index is 593. The van der Waals surface area contributed by atoms with Crippen molar-refractivity contribution in [3.05, 3.63) is 14.8 Å². The molecule has 0 atom stereocenters. The van der Waals surface area contributed by atoms with Crippen LogP contribution in [0, 0.1) is 6.92 Å². The maximum Gasteiger partial charge on any atom is 0.352 e. The van der Waals surface area contributed by atoms with Gasteiger partial charge >= 0.3 is 11.9 Å². The standard InChI is InChI=1S/C16H23ClO5S/c1-9-11(17)12(20-8-10(18)21-15(2,3)4)13(23-9)14(19)22-16(5,6)7/h8H2,1-7H3. The Morgan fingerprint density at radius 3 is 2.04 bits per heavy atom. The van der Waals surface area contributed by atoms with Crippen molar-refractivity contribution in [1.82, 2.24) is 0 Å². The number of ether oxygens (including phenoxy) is 3. The monoisotopic (exact) mass is 362 g/mol. The van der Waals surface area contributed by atoms with E-state index in [0.717, 1.165) is 0 Å². The maximum atomic E-state index is 12.3. The minimum Gasteiger partial charge on any atom is -0.479 e. The Morgan fingerprint density at radius 1 is 1.04 bits per heavy atom. The number of esters is 2. The lowest BCUT2D eigenvalue weighted by molar-refractivity contribution is -0.157. The molecule has 1 aromatic heterocycles. The van der Waals surface area contributed by atoms with Gasteiger partial charge < -0.3 is 14.2 Å². The van der Waals surface area contributed by atoms with Crippen molar-refractivity contribution in [1.29, 1.82) is 0 Å². The number of halogens is 1. The minimum absolute atomic E-state index is 0.161. The number of carbonyl (C=O) groups excluding carboxylic acids is 2. The minimum atomic E-state index is -0.635. The highest BCUT2D eigenvalue weighted by Gasteiger charge is 2.27. The zero-order valence-electron chi connectivity index (χ0n) is 14.5. The van der Waals surface area contributed by atoms with Gasteiger partial charge in [0.25, 0.3) is 0 Å². The van der Waals surface area contributed by atoms with E-state index in [2.05, 4.69) is 0 Å². The zero-order chi connectivity index (χ0) is 18.0. The SMILES string of the molecule is Cc1sc(C(=O)OC(C)(C)C)c(OCC(=O)OC(C)(C)C)c1Cl. The van der Waals surface area contributed by atoms with Gasteiger partial charge in [0.15, 0.2) is 17.2 Å². The van der Waals surface area contributed by atoms with Crippen molar-refractivity contribution < 1.29 is 23.8 Å². The summed E-state index contributed by atoms with van der Waals surface area (Å²) in [5.74, 6) is -0.904. The van der Waals surface area contributed by atoms with Gasteiger partial charge in [-0.1, -0.05) is 11.6 Å². The Kier molecular flexibility index (Phi) is 6.10. The Labute approximate surface area is 145 Å². The molecule has 0 aliphatic heterocycles. The summed E-state index contributed by atoms with van der Waals surface area (Å²) in [6.45, 7) is 12.0. The number of thiophene rings is 1. The summed E-state index contributed by atoms with van der Waals surface area (Å²) in [6, 6.07) is 0. The van der Waals surface area contributed by atoms with E-state index < -0.39 is 23.1 Å². The fourth-order valence-corrected chi connectivity index (χ4v) is 2.78. The van der Waals surface area contributed by atoms with E-state index in [1.165, 1.54) is 11.3 Å². The van der Waals surface area contributed by atoms with Crippen LogP contribution in [0.15, 0.2) is 0 Å². The summed E-state index contributed by atoms with van der Waals surface area (Å²) in [5, 5.41) is 0.305. The molecule has 130 valence electrons. The van der Waals surface area contributed by atoms with E-state index in [1.54, 1.807) is 48.5 Å². The Morgan fingerprint density at radius 2 is 1.57 bits per heavy atom. The fourth-order valence-electron chi connectivity index (χ4n) is 1.59. The highest BCUT2D eigenvalue weighted by atomic mass is 35.5. The zero-order valence-corrected chi connectivity index (χ0v) is 16.1. The van der Waals surface area contributed by atoms with Crippen LogP contribution in [0.5, 0.6) is 5.75 Å². The summed E-state index contributed by atoms with van der Waals surface area (Å²) in [4.78, 5) is 25.0. The lowest BCUT2D eigenvalue weighted by Crippen LogP contribution is -2.28. The fraction of sp³-hybridized carbons (Fsp3) is 0.625. The summed E-state index contributed by atoms with van der Waals surface area (Å²) >= 11 is 7.34. The van der Waals surface area contributed by atoms with Gasteiger partial charge in [-0.2, -0.15) is 0 Å². The lowest BCUT2D eigenvalue weighted by atomic mass is 10.2. The largest absolute Gasteiger partial charge is 0.479 e. The summed E-state index contributed by atoms with van der Waals surface area (Å²) in [7, 11) is 0.